The molecule has 0 radical (unpaired) electrons. The highest BCUT2D eigenvalue weighted by atomic mass is 19.1. The van der Waals surface area contributed by atoms with E-state index in [1.54, 1.807) is 66.9 Å². The Balaban J connectivity index is 1.44. The van der Waals surface area contributed by atoms with E-state index in [-0.39, 0.29) is 12.4 Å². The van der Waals surface area contributed by atoms with Crippen LogP contribution in [0.2, 0.25) is 0 Å². The van der Waals surface area contributed by atoms with E-state index in [0.29, 0.717) is 5.69 Å². The van der Waals surface area contributed by atoms with E-state index in [9.17, 15) is 14.0 Å². The molecular formula is C25H21FN4O3. The van der Waals surface area contributed by atoms with E-state index in [2.05, 4.69) is 20.8 Å². The van der Waals surface area contributed by atoms with Crippen molar-refractivity contribution < 1.29 is 18.7 Å². The van der Waals surface area contributed by atoms with Gasteiger partial charge in [-0.2, -0.15) is 5.10 Å². The Morgan fingerprint density at radius 1 is 0.939 bits per heavy atom. The molecule has 0 spiro atoms. The van der Waals surface area contributed by atoms with Gasteiger partial charge in [0.15, 0.2) is 11.6 Å². The van der Waals surface area contributed by atoms with Crippen molar-refractivity contribution in [3.8, 4) is 17.0 Å². The van der Waals surface area contributed by atoms with Gasteiger partial charge < -0.3 is 15.4 Å². The number of H-pyrrole nitrogens is 1. The van der Waals surface area contributed by atoms with Crippen molar-refractivity contribution in [3.63, 3.8) is 0 Å². The number of hydrogen-bond acceptors (Lipinski definition) is 4. The third kappa shape index (κ3) is 5.62. The number of aromatic nitrogens is 2. The van der Waals surface area contributed by atoms with Gasteiger partial charge >= 0.3 is 11.8 Å². The largest absolute Gasteiger partial charge is 0.488 e. The van der Waals surface area contributed by atoms with E-state index in [4.69, 9.17) is 4.74 Å². The van der Waals surface area contributed by atoms with Gasteiger partial charge in [0.25, 0.3) is 0 Å². The predicted molar refractivity (Wildman–Crippen MR) is 122 cm³/mol. The molecule has 33 heavy (non-hydrogen) atoms. The second kappa shape index (κ2) is 10.2. The van der Waals surface area contributed by atoms with Crippen LogP contribution in [0.3, 0.4) is 0 Å². The molecule has 1 aromatic heterocycles. The average Bonchev–Trinajstić information content (AvgIpc) is 3.38. The number of hydrogen-bond donors (Lipinski definition) is 3. The first kappa shape index (κ1) is 21.8. The van der Waals surface area contributed by atoms with Gasteiger partial charge in [-0.05, 0) is 35.9 Å². The molecule has 3 N–H and O–H groups in total. The SMILES string of the molecule is O=C(Nc1cccc(-c2ccn[nH]2)c1)C(=O)NC(COc1ccccc1F)c1ccccc1. The lowest BCUT2D eigenvalue weighted by molar-refractivity contribution is -0.136. The Hall–Kier alpha value is -4.46. The smallest absolute Gasteiger partial charge is 0.313 e. The lowest BCUT2D eigenvalue weighted by Gasteiger charge is -2.20. The van der Waals surface area contributed by atoms with Crippen molar-refractivity contribution in [2.45, 2.75) is 6.04 Å². The first-order chi connectivity index (χ1) is 16.1. The van der Waals surface area contributed by atoms with Crippen molar-refractivity contribution in [1.29, 1.82) is 0 Å². The van der Waals surface area contributed by atoms with Crippen LogP contribution in [-0.2, 0) is 9.59 Å². The van der Waals surface area contributed by atoms with Crippen molar-refractivity contribution in [2.75, 3.05) is 11.9 Å². The standard InChI is InChI=1S/C25H21FN4O3/c26-20-11-4-5-12-23(20)33-16-22(17-7-2-1-3-8-17)29-25(32)24(31)28-19-10-6-9-18(15-19)21-13-14-27-30-21/h1-15,22H,16H2,(H,27,30)(H,28,31)(H,29,32). The summed E-state index contributed by atoms with van der Waals surface area (Å²) in [7, 11) is 0. The summed E-state index contributed by atoms with van der Waals surface area (Å²) in [6, 6.07) is 23.2. The van der Waals surface area contributed by atoms with E-state index < -0.39 is 23.7 Å². The zero-order valence-electron chi connectivity index (χ0n) is 17.5. The molecule has 1 unspecified atom stereocenters. The number of carbonyl (C=O) groups is 2. The summed E-state index contributed by atoms with van der Waals surface area (Å²) in [5, 5.41) is 12.0. The van der Waals surface area contributed by atoms with E-state index in [0.717, 1.165) is 16.8 Å². The molecule has 7 nitrogen and oxygen atoms in total. The van der Waals surface area contributed by atoms with E-state index in [1.165, 1.54) is 12.1 Å². The maximum atomic E-state index is 13.9. The maximum absolute atomic E-state index is 13.9. The summed E-state index contributed by atoms with van der Waals surface area (Å²) in [5.41, 5.74) is 2.77. The van der Waals surface area contributed by atoms with Crippen molar-refractivity contribution in [2.24, 2.45) is 0 Å². The fraction of sp³-hybridized carbons (Fsp3) is 0.0800. The zero-order valence-corrected chi connectivity index (χ0v) is 17.5. The number of aromatic amines is 1. The average molecular weight is 444 g/mol. The second-order valence-corrected chi connectivity index (χ2v) is 7.18. The molecule has 0 aliphatic carbocycles. The summed E-state index contributed by atoms with van der Waals surface area (Å²) < 4.78 is 19.5. The van der Waals surface area contributed by atoms with Gasteiger partial charge in [0, 0.05) is 17.4 Å². The van der Waals surface area contributed by atoms with Crippen LogP contribution >= 0.6 is 0 Å². The first-order valence-corrected chi connectivity index (χ1v) is 10.2. The fourth-order valence-electron chi connectivity index (χ4n) is 3.23. The van der Waals surface area contributed by atoms with Crippen LogP contribution in [0.25, 0.3) is 11.3 Å². The topological polar surface area (TPSA) is 96.1 Å². The Morgan fingerprint density at radius 3 is 2.48 bits per heavy atom. The van der Waals surface area contributed by atoms with Crippen LogP contribution in [0.4, 0.5) is 10.1 Å². The Kier molecular flexibility index (Phi) is 6.75. The number of nitrogens with one attached hydrogen (secondary N) is 3. The van der Waals surface area contributed by atoms with Gasteiger partial charge in [0.1, 0.15) is 6.61 Å². The van der Waals surface area contributed by atoms with Crippen LogP contribution in [0.5, 0.6) is 5.75 Å². The quantitative estimate of drug-likeness (QED) is 0.374. The number of rotatable bonds is 7. The fourth-order valence-corrected chi connectivity index (χ4v) is 3.23. The number of anilines is 1. The molecule has 166 valence electrons. The van der Waals surface area contributed by atoms with Gasteiger partial charge in [-0.3, -0.25) is 14.7 Å². The summed E-state index contributed by atoms with van der Waals surface area (Å²) in [6.07, 6.45) is 1.63. The molecule has 2 amide bonds. The number of carbonyl (C=O) groups excluding carboxylic acids is 2. The summed E-state index contributed by atoms with van der Waals surface area (Å²) in [4.78, 5) is 25.2. The normalized spacial score (nSPS) is 11.4. The molecule has 0 bridgehead atoms. The highest BCUT2D eigenvalue weighted by molar-refractivity contribution is 6.39. The first-order valence-electron chi connectivity index (χ1n) is 10.2. The Morgan fingerprint density at radius 2 is 1.73 bits per heavy atom. The summed E-state index contributed by atoms with van der Waals surface area (Å²) in [5.74, 6) is -2.12. The van der Waals surface area contributed by atoms with Crippen LogP contribution in [-0.4, -0.2) is 28.6 Å². The third-order valence-electron chi connectivity index (χ3n) is 4.89. The van der Waals surface area contributed by atoms with Crippen LogP contribution in [0.1, 0.15) is 11.6 Å². The molecule has 4 rings (SSSR count). The number of halogens is 1. The molecule has 0 aliphatic rings. The van der Waals surface area contributed by atoms with Gasteiger partial charge in [-0.1, -0.05) is 54.6 Å². The maximum Gasteiger partial charge on any atom is 0.313 e. The minimum absolute atomic E-state index is 0.0563. The van der Waals surface area contributed by atoms with Crippen molar-refractivity contribution in [1.82, 2.24) is 15.5 Å². The molecule has 1 atom stereocenters. The molecule has 0 saturated carbocycles. The summed E-state index contributed by atoms with van der Waals surface area (Å²) in [6.45, 7) is -0.0563. The third-order valence-corrected chi connectivity index (χ3v) is 4.89. The molecule has 0 fully saturated rings. The number of para-hydroxylation sites is 1. The lowest BCUT2D eigenvalue weighted by atomic mass is 10.1. The second-order valence-electron chi connectivity index (χ2n) is 7.18. The molecule has 1 heterocycles. The van der Waals surface area contributed by atoms with Gasteiger partial charge in [-0.15, -0.1) is 0 Å². The predicted octanol–water partition coefficient (Wildman–Crippen LogP) is 4.09. The number of nitrogens with zero attached hydrogens (tertiary/aromatic N) is 1. The van der Waals surface area contributed by atoms with Gasteiger partial charge in [0.2, 0.25) is 0 Å². The van der Waals surface area contributed by atoms with Crippen LogP contribution < -0.4 is 15.4 Å². The molecule has 8 heteroatoms. The van der Waals surface area contributed by atoms with Gasteiger partial charge in [-0.25, -0.2) is 4.39 Å². The molecule has 0 saturated heterocycles. The highest BCUT2D eigenvalue weighted by Gasteiger charge is 2.21. The minimum atomic E-state index is -0.840. The monoisotopic (exact) mass is 444 g/mol. The van der Waals surface area contributed by atoms with E-state index in [1.807, 2.05) is 12.1 Å². The van der Waals surface area contributed by atoms with E-state index >= 15 is 0 Å². The lowest BCUT2D eigenvalue weighted by Crippen LogP contribution is -2.39. The summed E-state index contributed by atoms with van der Waals surface area (Å²) >= 11 is 0. The zero-order chi connectivity index (χ0) is 23.0. The number of benzene rings is 3. The minimum Gasteiger partial charge on any atom is -0.488 e. The van der Waals surface area contributed by atoms with Crippen molar-refractivity contribution in [3.05, 3.63) is 103 Å². The molecule has 3 aromatic carbocycles. The van der Waals surface area contributed by atoms with Crippen LogP contribution in [0.15, 0.2) is 91.1 Å². The van der Waals surface area contributed by atoms with Crippen molar-refractivity contribution >= 4 is 17.5 Å². The molecule has 4 aromatic rings. The molecular weight excluding hydrogens is 423 g/mol. The Bertz CT molecular complexity index is 1230. The Labute approximate surface area is 189 Å². The molecule has 0 aliphatic heterocycles. The van der Waals surface area contributed by atoms with Crippen LogP contribution in [0, 0.1) is 5.82 Å². The van der Waals surface area contributed by atoms with Gasteiger partial charge in [0.05, 0.1) is 11.7 Å². The highest BCUT2D eigenvalue weighted by Crippen LogP contribution is 2.21. The number of ether oxygens (including phenoxy) is 1. The number of amides is 2.